The van der Waals surface area contributed by atoms with Gasteiger partial charge in [0.05, 0.1) is 0 Å². The SMILES string of the molecule is CCC1(n2c(C(=O)N(C)C)cc3cnc(Nc4ccc(N5CCC(N6CCN(C)CC6)CC5)cc4)nc32)CCC1. The lowest BCUT2D eigenvalue weighted by Gasteiger charge is -2.44. The molecule has 4 heterocycles. The highest BCUT2D eigenvalue weighted by Gasteiger charge is 2.41. The van der Waals surface area contributed by atoms with Gasteiger partial charge in [-0.05, 0) is 75.9 Å². The minimum absolute atomic E-state index is 0.00962. The number of piperidine rings is 1. The number of rotatable bonds is 7. The van der Waals surface area contributed by atoms with Crippen molar-refractivity contribution in [2.45, 2.75) is 57.0 Å². The fourth-order valence-electron chi connectivity index (χ4n) is 6.80. The first-order chi connectivity index (χ1) is 19.4. The maximum atomic E-state index is 13.1. The van der Waals surface area contributed by atoms with Crippen LogP contribution in [0.2, 0.25) is 0 Å². The fraction of sp³-hybridized carbons (Fsp3) is 0.581. The fourth-order valence-corrected chi connectivity index (χ4v) is 6.80. The van der Waals surface area contributed by atoms with E-state index in [2.05, 4.69) is 67.8 Å². The van der Waals surface area contributed by atoms with Gasteiger partial charge >= 0.3 is 0 Å². The summed E-state index contributed by atoms with van der Waals surface area (Å²) >= 11 is 0. The summed E-state index contributed by atoms with van der Waals surface area (Å²) in [6, 6.07) is 11.3. The van der Waals surface area contributed by atoms with Crippen molar-refractivity contribution in [3.63, 3.8) is 0 Å². The van der Waals surface area contributed by atoms with Crippen molar-refractivity contribution in [2.75, 3.05) is 70.6 Å². The summed E-state index contributed by atoms with van der Waals surface area (Å²) in [5.74, 6) is 0.567. The number of fused-ring (bicyclic) bond motifs is 1. The van der Waals surface area contributed by atoms with Crippen molar-refractivity contribution in [3.05, 3.63) is 42.2 Å². The van der Waals surface area contributed by atoms with E-state index in [9.17, 15) is 4.79 Å². The van der Waals surface area contributed by atoms with Crippen molar-refractivity contribution in [1.29, 1.82) is 0 Å². The lowest BCUT2D eigenvalue weighted by Crippen LogP contribution is -2.52. The molecule has 1 aromatic carbocycles. The van der Waals surface area contributed by atoms with Crippen LogP contribution in [0.5, 0.6) is 0 Å². The Morgan fingerprint density at radius 1 is 1.05 bits per heavy atom. The Labute approximate surface area is 238 Å². The van der Waals surface area contributed by atoms with Gasteiger partial charge in [0.15, 0.2) is 0 Å². The molecule has 9 nitrogen and oxygen atoms in total. The highest BCUT2D eigenvalue weighted by atomic mass is 16.2. The summed E-state index contributed by atoms with van der Waals surface area (Å²) in [6.07, 6.45) is 8.60. The Bertz CT molecular complexity index is 1320. The number of benzene rings is 1. The number of carbonyl (C=O) groups is 1. The molecule has 2 aliphatic heterocycles. The highest BCUT2D eigenvalue weighted by Crippen LogP contribution is 2.45. The summed E-state index contributed by atoms with van der Waals surface area (Å²) in [6.45, 7) is 9.20. The average Bonchev–Trinajstić information content (AvgIpc) is 3.32. The second-order valence-electron chi connectivity index (χ2n) is 12.2. The molecule has 3 aromatic rings. The normalized spacial score (nSPS) is 20.4. The number of hydrogen-bond donors (Lipinski definition) is 1. The third kappa shape index (κ3) is 5.05. The minimum Gasteiger partial charge on any atom is -0.371 e. The zero-order valence-electron chi connectivity index (χ0n) is 24.6. The van der Waals surface area contributed by atoms with Crippen LogP contribution in [0.25, 0.3) is 11.0 Å². The standard InChI is InChI=1S/C31H44N8O/c1-5-31(13-6-14-31)39-27(29(40)35(2)3)21-23-22-32-30(34-28(23)39)33-24-7-9-25(10-8-24)37-15-11-26(12-16-37)38-19-17-36(4)18-20-38/h7-10,21-22,26H,5-6,11-20H2,1-4H3,(H,32,33,34). The van der Waals surface area contributed by atoms with E-state index in [4.69, 9.17) is 4.98 Å². The number of hydrogen-bond acceptors (Lipinski definition) is 7. The smallest absolute Gasteiger partial charge is 0.270 e. The molecule has 1 amide bonds. The Balaban J connectivity index is 1.16. The number of amides is 1. The van der Waals surface area contributed by atoms with Crippen molar-refractivity contribution in [2.24, 2.45) is 0 Å². The van der Waals surface area contributed by atoms with Crippen molar-refractivity contribution >= 4 is 34.3 Å². The molecule has 1 N–H and O–H groups in total. The van der Waals surface area contributed by atoms with Crippen LogP contribution >= 0.6 is 0 Å². The van der Waals surface area contributed by atoms with Gasteiger partial charge in [-0.25, -0.2) is 4.98 Å². The van der Waals surface area contributed by atoms with Crippen LogP contribution in [0.3, 0.4) is 0 Å². The van der Waals surface area contributed by atoms with Gasteiger partial charge in [0.2, 0.25) is 5.95 Å². The molecule has 9 heteroatoms. The quantitative estimate of drug-likeness (QED) is 0.473. The van der Waals surface area contributed by atoms with E-state index in [1.165, 1.54) is 51.1 Å². The number of carbonyl (C=O) groups excluding carboxylic acids is 1. The lowest BCUT2D eigenvalue weighted by molar-refractivity contribution is 0.0780. The first kappa shape index (κ1) is 27.0. The average molecular weight is 545 g/mol. The Morgan fingerprint density at radius 2 is 1.75 bits per heavy atom. The van der Waals surface area contributed by atoms with E-state index in [1.807, 2.05) is 26.4 Å². The third-order valence-corrected chi connectivity index (χ3v) is 9.59. The molecule has 3 fully saturated rings. The number of nitrogens with zero attached hydrogens (tertiary/aromatic N) is 7. The third-order valence-electron chi connectivity index (χ3n) is 9.59. The molecule has 2 aromatic heterocycles. The summed E-state index contributed by atoms with van der Waals surface area (Å²) in [4.78, 5) is 32.0. The summed E-state index contributed by atoms with van der Waals surface area (Å²) in [7, 11) is 5.84. The van der Waals surface area contributed by atoms with E-state index < -0.39 is 0 Å². The number of likely N-dealkylation sites (N-methyl/N-ethyl adjacent to an activating group) is 1. The van der Waals surface area contributed by atoms with Crippen molar-refractivity contribution < 1.29 is 4.79 Å². The van der Waals surface area contributed by atoms with Crippen LogP contribution in [-0.4, -0.2) is 102 Å². The zero-order chi connectivity index (χ0) is 27.9. The molecule has 214 valence electrons. The number of aromatic nitrogens is 3. The van der Waals surface area contributed by atoms with E-state index in [0.717, 1.165) is 55.1 Å². The molecule has 0 bridgehead atoms. The summed E-state index contributed by atoms with van der Waals surface area (Å²) in [5, 5.41) is 4.32. The molecule has 2 saturated heterocycles. The van der Waals surface area contributed by atoms with E-state index >= 15 is 0 Å². The largest absolute Gasteiger partial charge is 0.371 e. The summed E-state index contributed by atoms with van der Waals surface area (Å²) < 4.78 is 2.20. The Kier molecular flexibility index (Phi) is 7.44. The van der Waals surface area contributed by atoms with Gasteiger partial charge in [-0.1, -0.05) is 6.92 Å². The van der Waals surface area contributed by atoms with Gasteiger partial charge in [-0.3, -0.25) is 9.69 Å². The monoisotopic (exact) mass is 544 g/mol. The molecule has 0 radical (unpaired) electrons. The number of nitrogens with one attached hydrogen (secondary N) is 1. The van der Waals surface area contributed by atoms with Crippen LogP contribution in [-0.2, 0) is 5.54 Å². The van der Waals surface area contributed by atoms with Gasteiger partial charge in [-0.15, -0.1) is 0 Å². The molecular formula is C31H44N8O. The molecule has 6 rings (SSSR count). The van der Waals surface area contributed by atoms with Gasteiger partial charge in [-0.2, -0.15) is 4.98 Å². The molecule has 1 aliphatic carbocycles. The second kappa shape index (κ2) is 11.0. The lowest BCUT2D eigenvalue weighted by atomic mass is 9.74. The highest BCUT2D eigenvalue weighted by molar-refractivity contribution is 5.98. The van der Waals surface area contributed by atoms with E-state index in [1.54, 1.807) is 4.90 Å². The molecule has 1 saturated carbocycles. The maximum Gasteiger partial charge on any atom is 0.270 e. The topological polar surface area (TPSA) is 72.8 Å². The molecule has 0 unspecified atom stereocenters. The van der Waals surface area contributed by atoms with E-state index in [-0.39, 0.29) is 11.4 Å². The Hall–Kier alpha value is -3.17. The van der Waals surface area contributed by atoms with Gasteiger partial charge in [0, 0.05) is 87.9 Å². The molecule has 40 heavy (non-hydrogen) atoms. The number of anilines is 3. The molecule has 3 aliphatic rings. The van der Waals surface area contributed by atoms with Crippen molar-refractivity contribution in [3.8, 4) is 0 Å². The van der Waals surface area contributed by atoms with Gasteiger partial charge < -0.3 is 24.6 Å². The zero-order valence-corrected chi connectivity index (χ0v) is 24.6. The van der Waals surface area contributed by atoms with Crippen LogP contribution in [0.1, 0.15) is 55.9 Å². The van der Waals surface area contributed by atoms with Crippen LogP contribution in [0, 0.1) is 0 Å². The van der Waals surface area contributed by atoms with Crippen LogP contribution in [0.4, 0.5) is 17.3 Å². The predicted molar refractivity (Wildman–Crippen MR) is 162 cm³/mol. The van der Waals surface area contributed by atoms with Gasteiger partial charge in [0.1, 0.15) is 11.3 Å². The molecule has 0 spiro atoms. The van der Waals surface area contributed by atoms with Crippen molar-refractivity contribution in [1.82, 2.24) is 29.2 Å². The maximum absolute atomic E-state index is 13.1. The minimum atomic E-state index is -0.0478. The van der Waals surface area contributed by atoms with Gasteiger partial charge in [0.25, 0.3) is 5.91 Å². The summed E-state index contributed by atoms with van der Waals surface area (Å²) in [5.41, 5.74) is 3.73. The van der Waals surface area contributed by atoms with E-state index in [0.29, 0.717) is 11.6 Å². The first-order valence-corrected chi connectivity index (χ1v) is 15.0. The first-order valence-electron chi connectivity index (χ1n) is 15.0. The predicted octanol–water partition coefficient (Wildman–Crippen LogP) is 4.38. The second-order valence-corrected chi connectivity index (χ2v) is 12.2. The Morgan fingerprint density at radius 3 is 2.35 bits per heavy atom. The van der Waals surface area contributed by atoms with Crippen LogP contribution in [0.15, 0.2) is 36.5 Å². The van der Waals surface area contributed by atoms with Crippen LogP contribution < -0.4 is 10.2 Å². The number of piperazine rings is 1. The molecule has 0 atom stereocenters. The molecular weight excluding hydrogens is 500 g/mol.